The van der Waals surface area contributed by atoms with Gasteiger partial charge in [-0.05, 0) is 36.8 Å². The maximum atomic E-state index is 12.6. The molecule has 0 spiro atoms. The normalized spacial score (nSPS) is 15.7. The van der Waals surface area contributed by atoms with E-state index in [4.69, 9.17) is 0 Å². The van der Waals surface area contributed by atoms with Crippen molar-refractivity contribution in [3.05, 3.63) is 52.9 Å². The number of carbonyl (C=O) groups excluding carboxylic acids is 1. The number of nitrogens with one attached hydrogen (secondary N) is 1. The predicted octanol–water partition coefficient (Wildman–Crippen LogP) is 1.22. The fourth-order valence-corrected chi connectivity index (χ4v) is 5.11. The molecule has 0 aliphatic carbocycles. The van der Waals surface area contributed by atoms with Crippen LogP contribution in [0, 0.1) is 0 Å². The Balaban J connectivity index is 1.61. The summed E-state index contributed by atoms with van der Waals surface area (Å²) in [6.07, 6.45) is 0.523. The number of aromatic hydroxyl groups is 1. The van der Waals surface area contributed by atoms with Gasteiger partial charge in [-0.25, -0.2) is 13.2 Å². The van der Waals surface area contributed by atoms with Crippen molar-refractivity contribution in [3.63, 3.8) is 0 Å². The molecule has 1 fully saturated rings. The van der Waals surface area contributed by atoms with Crippen molar-refractivity contribution < 1.29 is 18.3 Å². The van der Waals surface area contributed by atoms with Crippen LogP contribution in [0.3, 0.4) is 0 Å². The van der Waals surface area contributed by atoms with Crippen LogP contribution in [-0.4, -0.2) is 40.9 Å². The number of imidazole rings is 1. The third-order valence-corrected chi connectivity index (χ3v) is 6.86. The molecule has 2 aromatic carbocycles. The minimum Gasteiger partial charge on any atom is -0.506 e. The molecular formula is C19H20N4O5S. The first-order valence-electron chi connectivity index (χ1n) is 9.05. The molecule has 152 valence electrons. The minimum atomic E-state index is -3.38. The van der Waals surface area contributed by atoms with Crippen molar-refractivity contribution in [1.82, 2.24) is 9.13 Å². The van der Waals surface area contributed by atoms with Crippen LogP contribution in [0.2, 0.25) is 0 Å². The molecule has 1 aliphatic rings. The summed E-state index contributed by atoms with van der Waals surface area (Å²) in [4.78, 5) is 25.0. The van der Waals surface area contributed by atoms with Crippen molar-refractivity contribution in [2.45, 2.75) is 13.0 Å². The molecule has 1 aromatic heterocycles. The highest BCUT2D eigenvalue weighted by molar-refractivity contribution is 7.93. The summed E-state index contributed by atoms with van der Waals surface area (Å²) in [6, 6.07) is 11.4. The average Bonchev–Trinajstić information content (AvgIpc) is 3.16. The zero-order valence-corrected chi connectivity index (χ0v) is 16.5. The number of fused-ring (bicyclic) bond motifs is 1. The third-order valence-electron chi connectivity index (χ3n) is 4.99. The Morgan fingerprint density at radius 3 is 2.59 bits per heavy atom. The van der Waals surface area contributed by atoms with Gasteiger partial charge in [0.05, 0.1) is 28.2 Å². The van der Waals surface area contributed by atoms with Gasteiger partial charge in [0.15, 0.2) is 0 Å². The molecule has 10 heteroatoms. The number of phenolic OH excluding ortho intramolecular Hbond substituents is 1. The Bertz CT molecular complexity index is 1280. The zero-order valence-electron chi connectivity index (χ0n) is 15.7. The van der Waals surface area contributed by atoms with Crippen molar-refractivity contribution in [1.29, 1.82) is 0 Å². The van der Waals surface area contributed by atoms with Gasteiger partial charge in [0.25, 0.3) is 0 Å². The summed E-state index contributed by atoms with van der Waals surface area (Å²) in [6.45, 7) is 0.109. The van der Waals surface area contributed by atoms with Gasteiger partial charge in [-0.1, -0.05) is 12.1 Å². The quantitative estimate of drug-likeness (QED) is 0.621. The highest BCUT2D eigenvalue weighted by Crippen LogP contribution is 2.32. The molecule has 0 atom stereocenters. The Hall–Kier alpha value is -3.27. The summed E-state index contributed by atoms with van der Waals surface area (Å²) in [5, 5.41) is 12.7. The fraction of sp³-hybridized carbons (Fsp3) is 0.263. The number of hydrogen-bond donors (Lipinski definition) is 2. The number of carbonyl (C=O) groups is 1. The Morgan fingerprint density at radius 1 is 1.17 bits per heavy atom. The number of aromatic nitrogens is 2. The molecule has 0 radical (unpaired) electrons. The van der Waals surface area contributed by atoms with Crippen LogP contribution in [0.25, 0.3) is 11.0 Å². The average molecular weight is 416 g/mol. The van der Waals surface area contributed by atoms with E-state index in [2.05, 4.69) is 5.32 Å². The maximum absolute atomic E-state index is 12.6. The van der Waals surface area contributed by atoms with Gasteiger partial charge in [-0.2, -0.15) is 0 Å². The molecule has 1 aliphatic heterocycles. The number of sulfonamides is 1. The molecule has 0 unspecified atom stereocenters. The highest BCUT2D eigenvalue weighted by Gasteiger charge is 2.29. The Morgan fingerprint density at radius 2 is 1.90 bits per heavy atom. The van der Waals surface area contributed by atoms with Crippen LogP contribution in [0.5, 0.6) is 5.75 Å². The van der Waals surface area contributed by atoms with Crippen molar-refractivity contribution in [3.8, 4) is 5.75 Å². The second-order valence-corrected chi connectivity index (χ2v) is 8.92. The van der Waals surface area contributed by atoms with Crippen molar-refractivity contribution >= 4 is 38.3 Å². The monoisotopic (exact) mass is 416 g/mol. The minimum absolute atomic E-state index is 0.0690. The predicted molar refractivity (Wildman–Crippen MR) is 110 cm³/mol. The molecule has 1 amide bonds. The lowest BCUT2D eigenvalue weighted by atomic mass is 10.2. The van der Waals surface area contributed by atoms with Crippen LogP contribution < -0.4 is 15.3 Å². The first kappa shape index (κ1) is 19.1. The summed E-state index contributed by atoms with van der Waals surface area (Å²) in [7, 11) is -1.75. The van der Waals surface area contributed by atoms with E-state index in [1.54, 1.807) is 25.2 Å². The second-order valence-electron chi connectivity index (χ2n) is 6.91. The van der Waals surface area contributed by atoms with E-state index in [1.807, 2.05) is 6.07 Å². The molecule has 3 aromatic rings. The third kappa shape index (κ3) is 3.35. The highest BCUT2D eigenvalue weighted by atomic mass is 32.2. The molecule has 29 heavy (non-hydrogen) atoms. The van der Waals surface area contributed by atoms with E-state index in [0.717, 1.165) is 0 Å². The van der Waals surface area contributed by atoms with E-state index >= 15 is 0 Å². The number of amides is 1. The number of para-hydroxylation sites is 2. The van der Waals surface area contributed by atoms with Gasteiger partial charge in [0, 0.05) is 13.6 Å². The standard InChI is InChI=1S/C19H20N4O5S/c1-21-15-5-2-3-6-16(15)22(19(21)26)12-18(25)20-14-11-13(7-8-17(14)24)23-9-4-10-29(23,27)28/h2-3,5-8,11,24H,4,9-10,12H2,1H3,(H,20,25). The lowest BCUT2D eigenvalue weighted by Crippen LogP contribution is -2.28. The van der Waals surface area contributed by atoms with Crippen molar-refractivity contribution in [2.75, 3.05) is 21.9 Å². The Labute approximate surface area is 166 Å². The van der Waals surface area contributed by atoms with Gasteiger partial charge in [0.1, 0.15) is 12.3 Å². The van der Waals surface area contributed by atoms with Gasteiger partial charge >= 0.3 is 5.69 Å². The first-order chi connectivity index (χ1) is 13.8. The molecule has 4 rings (SSSR count). The number of hydrogen-bond acceptors (Lipinski definition) is 5. The number of benzene rings is 2. The summed E-state index contributed by atoms with van der Waals surface area (Å²) in [5.74, 6) is -0.635. The number of aryl methyl sites for hydroxylation is 1. The largest absolute Gasteiger partial charge is 0.506 e. The summed E-state index contributed by atoms with van der Waals surface area (Å²) < 4.78 is 28.3. The maximum Gasteiger partial charge on any atom is 0.329 e. The zero-order chi connectivity index (χ0) is 20.8. The first-order valence-corrected chi connectivity index (χ1v) is 10.7. The van der Waals surface area contributed by atoms with Crippen molar-refractivity contribution in [2.24, 2.45) is 7.05 Å². The van der Waals surface area contributed by atoms with Crippen LogP contribution in [0.15, 0.2) is 47.3 Å². The van der Waals surface area contributed by atoms with E-state index in [0.29, 0.717) is 29.7 Å². The summed E-state index contributed by atoms with van der Waals surface area (Å²) >= 11 is 0. The van der Waals surface area contributed by atoms with Crippen LogP contribution in [0.4, 0.5) is 11.4 Å². The second kappa shape index (κ2) is 6.96. The van der Waals surface area contributed by atoms with Crippen LogP contribution >= 0.6 is 0 Å². The molecule has 2 N–H and O–H groups in total. The van der Waals surface area contributed by atoms with Gasteiger partial charge in [-0.15, -0.1) is 0 Å². The van der Waals surface area contributed by atoms with E-state index in [1.165, 1.54) is 31.6 Å². The lowest BCUT2D eigenvalue weighted by molar-refractivity contribution is -0.116. The fourth-order valence-electron chi connectivity index (χ4n) is 3.56. The number of nitrogens with zero attached hydrogens (tertiary/aromatic N) is 3. The topological polar surface area (TPSA) is 114 Å². The number of rotatable bonds is 4. The molecule has 1 saturated heterocycles. The molecule has 0 saturated carbocycles. The number of phenols is 1. The van der Waals surface area contributed by atoms with Gasteiger partial charge in [0.2, 0.25) is 15.9 Å². The van der Waals surface area contributed by atoms with E-state index in [-0.39, 0.29) is 29.4 Å². The summed E-state index contributed by atoms with van der Waals surface area (Å²) in [5.41, 5.74) is 1.45. The lowest BCUT2D eigenvalue weighted by Gasteiger charge is -2.18. The molecule has 0 bridgehead atoms. The molecular weight excluding hydrogens is 396 g/mol. The van der Waals surface area contributed by atoms with Gasteiger partial charge < -0.3 is 10.4 Å². The Kier molecular flexibility index (Phi) is 4.58. The molecule has 9 nitrogen and oxygen atoms in total. The smallest absolute Gasteiger partial charge is 0.329 e. The van der Waals surface area contributed by atoms with Crippen LogP contribution in [-0.2, 0) is 28.4 Å². The van der Waals surface area contributed by atoms with E-state index < -0.39 is 15.9 Å². The van der Waals surface area contributed by atoms with E-state index in [9.17, 15) is 23.1 Å². The molecule has 2 heterocycles. The van der Waals surface area contributed by atoms with Crippen LogP contribution in [0.1, 0.15) is 6.42 Å². The number of anilines is 2. The van der Waals surface area contributed by atoms with Gasteiger partial charge in [-0.3, -0.25) is 18.2 Å². The SMILES string of the molecule is Cn1c(=O)n(CC(=O)Nc2cc(N3CCCS3(=O)=O)ccc2O)c2ccccc21.